The molecule has 0 amide bonds. The summed E-state index contributed by atoms with van der Waals surface area (Å²) in [5.74, 6) is 1.10. The average Bonchev–Trinajstić information content (AvgIpc) is 2.42. The van der Waals surface area contributed by atoms with E-state index in [0.29, 0.717) is 11.8 Å². The molecule has 0 fully saturated rings. The summed E-state index contributed by atoms with van der Waals surface area (Å²) < 4.78 is 5.20. The van der Waals surface area contributed by atoms with Crippen molar-refractivity contribution in [3.63, 3.8) is 0 Å². The van der Waals surface area contributed by atoms with Crippen molar-refractivity contribution in [3.8, 4) is 0 Å². The van der Waals surface area contributed by atoms with Gasteiger partial charge in [-0.05, 0) is 48.9 Å². The monoisotopic (exact) mass is 283 g/mol. The number of halogens is 1. The van der Waals surface area contributed by atoms with Gasteiger partial charge in [0.2, 0.25) is 0 Å². The van der Waals surface area contributed by atoms with Gasteiger partial charge in [0, 0.05) is 25.3 Å². The van der Waals surface area contributed by atoms with Gasteiger partial charge in [-0.2, -0.15) is 0 Å². The van der Waals surface area contributed by atoms with Crippen molar-refractivity contribution in [3.05, 3.63) is 34.9 Å². The second kappa shape index (κ2) is 9.35. The summed E-state index contributed by atoms with van der Waals surface area (Å²) in [4.78, 5) is 0. The molecule has 0 heterocycles. The van der Waals surface area contributed by atoms with Gasteiger partial charge in [-0.3, -0.25) is 0 Å². The molecule has 2 unspecified atom stereocenters. The van der Waals surface area contributed by atoms with E-state index < -0.39 is 0 Å². The molecule has 19 heavy (non-hydrogen) atoms. The Morgan fingerprint density at radius 2 is 1.95 bits per heavy atom. The van der Waals surface area contributed by atoms with Gasteiger partial charge in [0.15, 0.2) is 0 Å². The predicted octanol–water partition coefficient (Wildman–Crippen LogP) is 4.10. The van der Waals surface area contributed by atoms with Crippen LogP contribution in [0.25, 0.3) is 0 Å². The van der Waals surface area contributed by atoms with E-state index in [0.717, 1.165) is 31.1 Å². The second-order valence-electron chi connectivity index (χ2n) is 5.12. The molecule has 1 N–H and O–H groups in total. The largest absolute Gasteiger partial charge is 0.385 e. The van der Waals surface area contributed by atoms with Crippen molar-refractivity contribution in [2.75, 3.05) is 26.8 Å². The van der Waals surface area contributed by atoms with Crippen molar-refractivity contribution < 1.29 is 4.74 Å². The van der Waals surface area contributed by atoms with E-state index in [4.69, 9.17) is 16.3 Å². The highest BCUT2D eigenvalue weighted by atomic mass is 35.5. The molecule has 2 nitrogen and oxygen atoms in total. The predicted molar refractivity (Wildman–Crippen MR) is 83.0 cm³/mol. The van der Waals surface area contributed by atoms with Crippen LogP contribution in [-0.4, -0.2) is 26.8 Å². The molecule has 0 saturated heterocycles. The van der Waals surface area contributed by atoms with E-state index in [1.807, 2.05) is 12.1 Å². The van der Waals surface area contributed by atoms with Crippen LogP contribution in [-0.2, 0) is 4.74 Å². The maximum Gasteiger partial charge on any atom is 0.0465 e. The van der Waals surface area contributed by atoms with E-state index in [1.165, 1.54) is 12.0 Å². The fourth-order valence-electron chi connectivity index (χ4n) is 2.30. The third-order valence-corrected chi connectivity index (χ3v) is 3.81. The number of hydrogen-bond acceptors (Lipinski definition) is 2. The normalized spacial score (nSPS) is 14.3. The van der Waals surface area contributed by atoms with Crippen LogP contribution in [0.4, 0.5) is 0 Å². The van der Waals surface area contributed by atoms with Gasteiger partial charge in [0.05, 0.1) is 0 Å². The van der Waals surface area contributed by atoms with Crippen LogP contribution in [0.15, 0.2) is 24.3 Å². The van der Waals surface area contributed by atoms with E-state index in [-0.39, 0.29) is 0 Å². The van der Waals surface area contributed by atoms with Crippen LogP contribution in [0.3, 0.4) is 0 Å². The molecule has 2 atom stereocenters. The summed E-state index contributed by atoms with van der Waals surface area (Å²) >= 11 is 5.97. The summed E-state index contributed by atoms with van der Waals surface area (Å²) in [5.41, 5.74) is 1.36. The van der Waals surface area contributed by atoms with Gasteiger partial charge in [-0.1, -0.05) is 37.6 Å². The van der Waals surface area contributed by atoms with Gasteiger partial charge >= 0.3 is 0 Å². The zero-order chi connectivity index (χ0) is 14.1. The van der Waals surface area contributed by atoms with E-state index in [1.54, 1.807) is 7.11 Å². The third kappa shape index (κ3) is 5.94. The molecule has 0 aliphatic rings. The third-order valence-electron chi connectivity index (χ3n) is 3.55. The number of methoxy groups -OCH3 is 1. The first-order valence-electron chi connectivity index (χ1n) is 7.14. The Morgan fingerprint density at radius 1 is 1.26 bits per heavy atom. The number of ether oxygens (including phenoxy) is 1. The maximum absolute atomic E-state index is 5.97. The Kier molecular flexibility index (Phi) is 8.11. The van der Waals surface area contributed by atoms with Crippen molar-refractivity contribution in [1.29, 1.82) is 0 Å². The lowest BCUT2D eigenvalue weighted by Crippen LogP contribution is -2.26. The van der Waals surface area contributed by atoms with Crippen molar-refractivity contribution in [1.82, 2.24) is 5.32 Å². The molecule has 3 heteroatoms. The minimum Gasteiger partial charge on any atom is -0.385 e. The lowest BCUT2D eigenvalue weighted by Gasteiger charge is -2.25. The summed E-state index contributed by atoms with van der Waals surface area (Å²) in [5, 5.41) is 4.33. The Labute approximate surface area is 122 Å². The number of hydrogen-bond donors (Lipinski definition) is 1. The summed E-state index contributed by atoms with van der Waals surface area (Å²) in [6.45, 7) is 7.39. The molecule has 0 radical (unpaired) electrons. The smallest absolute Gasteiger partial charge is 0.0465 e. The molecule has 1 rings (SSSR count). The highest BCUT2D eigenvalue weighted by Gasteiger charge is 2.18. The van der Waals surface area contributed by atoms with E-state index >= 15 is 0 Å². The lowest BCUT2D eigenvalue weighted by atomic mass is 9.85. The zero-order valence-electron chi connectivity index (χ0n) is 12.3. The molecule has 0 bridgehead atoms. The molecule has 0 spiro atoms. The van der Waals surface area contributed by atoms with Crippen molar-refractivity contribution in [2.45, 2.75) is 32.6 Å². The summed E-state index contributed by atoms with van der Waals surface area (Å²) in [7, 11) is 1.76. The fourth-order valence-corrected chi connectivity index (χ4v) is 2.42. The molecule has 1 aromatic carbocycles. The molecule has 0 saturated carbocycles. The molecule has 0 aliphatic heterocycles. The standard InChI is InChI=1S/C16H26ClNO/c1-4-10-18-12-16(13(2)9-11-19-3)14-5-7-15(17)8-6-14/h5-8,13,16,18H,4,9-12H2,1-3H3. The average molecular weight is 284 g/mol. The second-order valence-corrected chi connectivity index (χ2v) is 5.56. The van der Waals surface area contributed by atoms with Gasteiger partial charge in [-0.25, -0.2) is 0 Å². The van der Waals surface area contributed by atoms with Crippen LogP contribution >= 0.6 is 11.6 Å². The molecule has 0 aliphatic carbocycles. The topological polar surface area (TPSA) is 21.3 Å². The minimum absolute atomic E-state index is 0.513. The van der Waals surface area contributed by atoms with E-state index in [2.05, 4.69) is 31.3 Å². The molecular weight excluding hydrogens is 258 g/mol. The van der Waals surface area contributed by atoms with Crippen LogP contribution in [0.2, 0.25) is 5.02 Å². The number of benzene rings is 1. The first-order valence-corrected chi connectivity index (χ1v) is 7.52. The number of nitrogens with one attached hydrogen (secondary N) is 1. The Balaban J connectivity index is 2.69. The van der Waals surface area contributed by atoms with Gasteiger partial charge < -0.3 is 10.1 Å². The number of rotatable bonds is 9. The van der Waals surface area contributed by atoms with E-state index in [9.17, 15) is 0 Å². The van der Waals surface area contributed by atoms with Crippen LogP contribution in [0.1, 0.15) is 38.2 Å². The quantitative estimate of drug-likeness (QED) is 0.689. The first-order chi connectivity index (χ1) is 9.19. The van der Waals surface area contributed by atoms with Crippen LogP contribution in [0, 0.1) is 5.92 Å². The summed E-state index contributed by atoms with van der Waals surface area (Å²) in [6.07, 6.45) is 2.25. The SMILES string of the molecule is CCCNCC(c1ccc(Cl)cc1)C(C)CCOC. The Bertz CT molecular complexity index is 339. The summed E-state index contributed by atoms with van der Waals surface area (Å²) in [6, 6.07) is 8.24. The zero-order valence-corrected chi connectivity index (χ0v) is 13.0. The Morgan fingerprint density at radius 3 is 2.53 bits per heavy atom. The molecule has 1 aromatic rings. The van der Waals surface area contributed by atoms with Crippen molar-refractivity contribution in [2.24, 2.45) is 5.92 Å². The highest BCUT2D eigenvalue weighted by molar-refractivity contribution is 6.30. The molecular formula is C16H26ClNO. The molecule has 0 aromatic heterocycles. The molecule has 108 valence electrons. The maximum atomic E-state index is 5.97. The first kappa shape index (κ1) is 16.5. The van der Waals surface area contributed by atoms with Gasteiger partial charge in [0.1, 0.15) is 0 Å². The van der Waals surface area contributed by atoms with Crippen LogP contribution in [0.5, 0.6) is 0 Å². The lowest BCUT2D eigenvalue weighted by molar-refractivity contribution is 0.174. The minimum atomic E-state index is 0.513. The van der Waals surface area contributed by atoms with Crippen molar-refractivity contribution >= 4 is 11.6 Å². The van der Waals surface area contributed by atoms with Gasteiger partial charge in [-0.15, -0.1) is 0 Å². The fraction of sp³-hybridized carbons (Fsp3) is 0.625. The highest BCUT2D eigenvalue weighted by Crippen LogP contribution is 2.27. The Hall–Kier alpha value is -0.570. The van der Waals surface area contributed by atoms with Crippen LogP contribution < -0.4 is 5.32 Å². The van der Waals surface area contributed by atoms with Gasteiger partial charge in [0.25, 0.3) is 0 Å².